The van der Waals surface area contributed by atoms with Crippen molar-refractivity contribution < 1.29 is 9.59 Å². The van der Waals surface area contributed by atoms with Crippen LogP contribution in [0.4, 0.5) is 4.79 Å². The van der Waals surface area contributed by atoms with Crippen LogP contribution in [0.5, 0.6) is 0 Å². The second-order valence-electron chi connectivity index (χ2n) is 6.01. The molecule has 3 rings (SSSR count). The molecule has 2 aliphatic rings. The van der Waals surface area contributed by atoms with E-state index in [1.165, 1.54) is 4.88 Å². The smallest absolute Gasteiger partial charge is 0.317 e. The number of piperidine rings is 1. The summed E-state index contributed by atoms with van der Waals surface area (Å²) in [4.78, 5) is 28.6. The Bertz CT molecular complexity index is 520. The maximum Gasteiger partial charge on any atom is 0.317 e. The van der Waals surface area contributed by atoms with E-state index in [0.29, 0.717) is 12.6 Å². The van der Waals surface area contributed by atoms with Gasteiger partial charge in [0.1, 0.15) is 0 Å². The van der Waals surface area contributed by atoms with E-state index >= 15 is 0 Å². The summed E-state index contributed by atoms with van der Waals surface area (Å²) < 4.78 is 0. The first-order valence-corrected chi connectivity index (χ1v) is 8.60. The third-order valence-electron chi connectivity index (χ3n) is 4.59. The molecule has 3 heterocycles. The Morgan fingerprint density at radius 3 is 2.64 bits per heavy atom. The number of likely N-dealkylation sites (tertiary alicyclic amines) is 2. The summed E-state index contributed by atoms with van der Waals surface area (Å²) in [5.74, 6) is -0.149. The number of carbonyl (C=O) groups excluding carboxylic acids is 2. The first kappa shape index (κ1) is 15.3. The molecule has 7 heteroatoms. The lowest BCUT2D eigenvalue weighted by Crippen LogP contribution is -2.64. The predicted octanol–water partition coefficient (Wildman–Crippen LogP) is 0.839. The summed E-state index contributed by atoms with van der Waals surface area (Å²) >= 11 is 1.65. The lowest BCUT2D eigenvalue weighted by atomic mass is 9.94. The van der Waals surface area contributed by atoms with Crippen LogP contribution in [0.25, 0.3) is 0 Å². The van der Waals surface area contributed by atoms with Crippen LogP contribution in [0.15, 0.2) is 17.5 Å². The Labute approximate surface area is 134 Å². The van der Waals surface area contributed by atoms with Crippen LogP contribution in [-0.2, 0) is 11.3 Å². The van der Waals surface area contributed by atoms with Crippen molar-refractivity contribution in [2.24, 2.45) is 11.7 Å². The standard InChI is InChI=1S/C15H22N4O2S/c16-14(20)11-3-5-18(6-4-11)12-9-19(10-12)15(21)17-8-13-2-1-7-22-13/h1-2,7,11-12H,3-6,8-10H2,(H2,16,20)(H,17,21). The average Bonchev–Trinajstić information content (AvgIpc) is 2.97. The summed E-state index contributed by atoms with van der Waals surface area (Å²) in [7, 11) is 0. The summed E-state index contributed by atoms with van der Waals surface area (Å²) in [6, 6.07) is 4.45. The molecular weight excluding hydrogens is 300 g/mol. The minimum Gasteiger partial charge on any atom is -0.369 e. The number of nitrogens with one attached hydrogen (secondary N) is 1. The zero-order chi connectivity index (χ0) is 15.5. The van der Waals surface area contributed by atoms with Crippen LogP contribution < -0.4 is 11.1 Å². The highest BCUT2D eigenvalue weighted by atomic mass is 32.1. The Morgan fingerprint density at radius 1 is 1.32 bits per heavy atom. The molecule has 6 nitrogen and oxygen atoms in total. The highest BCUT2D eigenvalue weighted by Gasteiger charge is 2.36. The van der Waals surface area contributed by atoms with Crippen molar-refractivity contribution in [2.45, 2.75) is 25.4 Å². The van der Waals surface area contributed by atoms with Gasteiger partial charge in [-0.3, -0.25) is 9.69 Å². The van der Waals surface area contributed by atoms with Gasteiger partial charge in [0.05, 0.1) is 6.54 Å². The van der Waals surface area contributed by atoms with Gasteiger partial charge in [0, 0.05) is 29.9 Å². The van der Waals surface area contributed by atoms with Gasteiger partial charge in [0.25, 0.3) is 0 Å². The van der Waals surface area contributed by atoms with Crippen molar-refractivity contribution in [1.82, 2.24) is 15.1 Å². The van der Waals surface area contributed by atoms with Gasteiger partial charge >= 0.3 is 6.03 Å². The van der Waals surface area contributed by atoms with E-state index < -0.39 is 0 Å². The second kappa shape index (κ2) is 6.66. The average molecular weight is 322 g/mol. The van der Waals surface area contributed by atoms with Crippen LogP contribution >= 0.6 is 11.3 Å². The van der Waals surface area contributed by atoms with Crippen molar-refractivity contribution in [2.75, 3.05) is 26.2 Å². The SMILES string of the molecule is NC(=O)C1CCN(C2CN(C(=O)NCc3cccs3)C2)CC1. The largest absolute Gasteiger partial charge is 0.369 e. The molecule has 3 N–H and O–H groups in total. The maximum absolute atomic E-state index is 12.0. The van der Waals surface area contributed by atoms with Crippen LogP contribution in [0.2, 0.25) is 0 Å². The lowest BCUT2D eigenvalue weighted by Gasteiger charge is -2.47. The summed E-state index contributed by atoms with van der Waals surface area (Å²) in [5.41, 5.74) is 5.35. The topological polar surface area (TPSA) is 78.7 Å². The van der Waals surface area contributed by atoms with Gasteiger partial charge in [-0.25, -0.2) is 4.79 Å². The van der Waals surface area contributed by atoms with E-state index in [0.717, 1.165) is 39.0 Å². The normalized spacial score (nSPS) is 20.6. The van der Waals surface area contributed by atoms with Crippen LogP contribution in [0.3, 0.4) is 0 Å². The minimum atomic E-state index is -0.178. The molecule has 2 fully saturated rings. The van der Waals surface area contributed by atoms with Gasteiger partial charge in [-0.1, -0.05) is 6.07 Å². The quantitative estimate of drug-likeness (QED) is 0.862. The van der Waals surface area contributed by atoms with Crippen molar-refractivity contribution in [1.29, 1.82) is 0 Å². The maximum atomic E-state index is 12.0. The van der Waals surface area contributed by atoms with E-state index in [1.807, 2.05) is 22.4 Å². The second-order valence-corrected chi connectivity index (χ2v) is 7.04. The number of nitrogens with zero attached hydrogens (tertiary/aromatic N) is 2. The number of urea groups is 1. The fourth-order valence-corrected chi connectivity index (χ4v) is 3.73. The van der Waals surface area contributed by atoms with Gasteiger partial charge in [-0.2, -0.15) is 0 Å². The zero-order valence-electron chi connectivity index (χ0n) is 12.5. The van der Waals surface area contributed by atoms with Gasteiger partial charge in [-0.15, -0.1) is 11.3 Å². The van der Waals surface area contributed by atoms with E-state index in [1.54, 1.807) is 11.3 Å². The summed E-state index contributed by atoms with van der Waals surface area (Å²) in [6.07, 6.45) is 1.69. The van der Waals surface area contributed by atoms with Gasteiger partial charge in [0.15, 0.2) is 0 Å². The molecule has 0 bridgehead atoms. The third kappa shape index (κ3) is 3.41. The molecule has 0 radical (unpaired) electrons. The number of nitrogens with two attached hydrogens (primary N) is 1. The fraction of sp³-hybridized carbons (Fsp3) is 0.600. The molecule has 0 aromatic carbocycles. The number of primary amides is 1. The number of carbonyl (C=O) groups is 2. The number of hydrogen-bond donors (Lipinski definition) is 2. The van der Waals surface area contributed by atoms with Gasteiger partial charge < -0.3 is 16.0 Å². The van der Waals surface area contributed by atoms with Gasteiger partial charge in [0.2, 0.25) is 5.91 Å². The highest BCUT2D eigenvalue weighted by Crippen LogP contribution is 2.23. The minimum absolute atomic E-state index is 0.0108. The first-order chi connectivity index (χ1) is 10.6. The molecule has 2 aliphatic heterocycles. The van der Waals surface area contributed by atoms with Crippen molar-refractivity contribution in [3.63, 3.8) is 0 Å². The summed E-state index contributed by atoms with van der Waals surface area (Å²) in [5, 5.41) is 4.96. The van der Waals surface area contributed by atoms with Gasteiger partial charge in [-0.05, 0) is 37.4 Å². The molecular formula is C15H22N4O2S. The molecule has 0 atom stereocenters. The summed E-state index contributed by atoms with van der Waals surface area (Å²) in [6.45, 7) is 3.96. The predicted molar refractivity (Wildman–Crippen MR) is 85.4 cm³/mol. The molecule has 22 heavy (non-hydrogen) atoms. The highest BCUT2D eigenvalue weighted by molar-refractivity contribution is 7.09. The van der Waals surface area contributed by atoms with Crippen molar-refractivity contribution in [3.8, 4) is 0 Å². The van der Waals surface area contributed by atoms with E-state index in [9.17, 15) is 9.59 Å². The van der Waals surface area contributed by atoms with Crippen molar-refractivity contribution >= 4 is 23.3 Å². The Balaban J connectivity index is 1.37. The van der Waals surface area contributed by atoms with Crippen LogP contribution in [0, 0.1) is 5.92 Å². The van der Waals surface area contributed by atoms with Crippen molar-refractivity contribution in [3.05, 3.63) is 22.4 Å². The Hall–Kier alpha value is -1.60. The molecule has 2 saturated heterocycles. The molecule has 1 aromatic rings. The third-order valence-corrected chi connectivity index (χ3v) is 5.47. The number of rotatable bonds is 4. The number of amides is 3. The molecule has 0 saturated carbocycles. The monoisotopic (exact) mass is 322 g/mol. The van der Waals surface area contributed by atoms with Crippen LogP contribution in [0.1, 0.15) is 17.7 Å². The Kier molecular flexibility index (Phi) is 4.63. The number of thiophene rings is 1. The first-order valence-electron chi connectivity index (χ1n) is 7.72. The molecule has 120 valence electrons. The fourth-order valence-electron chi connectivity index (χ4n) is 3.09. The lowest BCUT2D eigenvalue weighted by molar-refractivity contribution is -0.123. The van der Waals surface area contributed by atoms with Crippen LogP contribution in [-0.4, -0.2) is 54.0 Å². The molecule has 0 aliphatic carbocycles. The van der Waals surface area contributed by atoms with E-state index in [2.05, 4.69) is 10.2 Å². The molecule has 0 spiro atoms. The van der Waals surface area contributed by atoms with E-state index in [-0.39, 0.29) is 17.9 Å². The Morgan fingerprint density at radius 2 is 2.05 bits per heavy atom. The van der Waals surface area contributed by atoms with E-state index in [4.69, 9.17) is 5.73 Å². The zero-order valence-corrected chi connectivity index (χ0v) is 13.3. The molecule has 3 amide bonds. The number of hydrogen-bond acceptors (Lipinski definition) is 4. The molecule has 0 unspecified atom stereocenters. The molecule has 1 aromatic heterocycles.